The van der Waals surface area contributed by atoms with Crippen LogP contribution in [0.1, 0.15) is 58.5 Å². The van der Waals surface area contributed by atoms with Gasteiger partial charge in [0.15, 0.2) is 5.82 Å². The summed E-state index contributed by atoms with van der Waals surface area (Å²) in [5.74, 6) is 1.27. The SMILES string of the molecule is Cc1noc(C(NC(=O)c2cccc3c2CCC3)C2CCOCC2)n1. The molecule has 1 amide bonds. The Morgan fingerprint density at radius 1 is 1.28 bits per heavy atom. The van der Waals surface area contributed by atoms with E-state index in [0.717, 1.165) is 37.7 Å². The van der Waals surface area contributed by atoms with E-state index in [9.17, 15) is 4.79 Å². The molecular formula is C19H23N3O3. The lowest BCUT2D eigenvalue weighted by molar-refractivity contribution is 0.0467. The number of carbonyl (C=O) groups excluding carboxylic acids is 1. The molecule has 1 N–H and O–H groups in total. The first-order valence-corrected chi connectivity index (χ1v) is 9.02. The molecule has 6 nitrogen and oxygen atoms in total. The van der Waals surface area contributed by atoms with Crippen molar-refractivity contribution in [2.75, 3.05) is 13.2 Å². The van der Waals surface area contributed by atoms with Crippen LogP contribution in [0.3, 0.4) is 0 Å². The Balaban J connectivity index is 1.60. The van der Waals surface area contributed by atoms with Gasteiger partial charge in [0.2, 0.25) is 5.89 Å². The molecule has 2 aliphatic rings. The van der Waals surface area contributed by atoms with Crippen molar-refractivity contribution in [3.63, 3.8) is 0 Å². The number of carbonyl (C=O) groups is 1. The molecule has 1 unspecified atom stereocenters. The van der Waals surface area contributed by atoms with Crippen LogP contribution >= 0.6 is 0 Å². The van der Waals surface area contributed by atoms with E-state index in [1.807, 2.05) is 12.1 Å². The second-order valence-electron chi connectivity index (χ2n) is 6.88. The summed E-state index contributed by atoms with van der Waals surface area (Å²) in [7, 11) is 0. The number of rotatable bonds is 4. The fraction of sp³-hybridized carbons (Fsp3) is 0.526. The number of amides is 1. The molecule has 1 aliphatic heterocycles. The molecule has 6 heteroatoms. The van der Waals surface area contributed by atoms with Gasteiger partial charge in [-0.3, -0.25) is 4.79 Å². The van der Waals surface area contributed by atoms with Crippen LogP contribution in [0.15, 0.2) is 22.7 Å². The summed E-state index contributed by atoms with van der Waals surface area (Å²) in [5, 5.41) is 7.07. The Hall–Kier alpha value is -2.21. The van der Waals surface area contributed by atoms with Crippen molar-refractivity contribution in [1.82, 2.24) is 15.5 Å². The first-order chi connectivity index (χ1) is 12.2. The lowest BCUT2D eigenvalue weighted by atomic mass is 9.91. The Morgan fingerprint density at radius 2 is 2.12 bits per heavy atom. The van der Waals surface area contributed by atoms with Crippen molar-refractivity contribution in [2.24, 2.45) is 5.92 Å². The van der Waals surface area contributed by atoms with Gasteiger partial charge < -0.3 is 14.6 Å². The molecule has 1 aromatic heterocycles. The molecule has 2 heterocycles. The summed E-state index contributed by atoms with van der Waals surface area (Å²) in [6.45, 7) is 3.19. The third-order valence-corrected chi connectivity index (χ3v) is 5.22. The average Bonchev–Trinajstić information content (AvgIpc) is 3.28. The smallest absolute Gasteiger partial charge is 0.252 e. The number of fused-ring (bicyclic) bond motifs is 1. The molecule has 0 bridgehead atoms. The number of hydrogen-bond donors (Lipinski definition) is 1. The molecule has 0 saturated carbocycles. The highest BCUT2D eigenvalue weighted by Gasteiger charge is 2.32. The van der Waals surface area contributed by atoms with E-state index in [1.165, 1.54) is 11.1 Å². The number of hydrogen-bond acceptors (Lipinski definition) is 5. The molecule has 1 fully saturated rings. The van der Waals surface area contributed by atoms with Crippen LogP contribution in [0.2, 0.25) is 0 Å². The minimum absolute atomic E-state index is 0.0499. The number of benzene rings is 1. The molecule has 0 radical (unpaired) electrons. The summed E-state index contributed by atoms with van der Waals surface area (Å²) in [6.07, 6.45) is 4.90. The van der Waals surface area contributed by atoms with Crippen LogP contribution in [0.25, 0.3) is 0 Å². The molecule has 25 heavy (non-hydrogen) atoms. The minimum atomic E-state index is -0.269. The molecule has 1 atom stereocenters. The van der Waals surface area contributed by atoms with Crippen LogP contribution in [0.5, 0.6) is 0 Å². The van der Waals surface area contributed by atoms with E-state index >= 15 is 0 Å². The fourth-order valence-corrected chi connectivity index (χ4v) is 3.92. The Morgan fingerprint density at radius 3 is 2.88 bits per heavy atom. The largest absolute Gasteiger partial charge is 0.381 e. The van der Waals surface area contributed by atoms with Gasteiger partial charge in [0, 0.05) is 18.8 Å². The number of nitrogens with one attached hydrogen (secondary N) is 1. The lowest BCUT2D eigenvalue weighted by Crippen LogP contribution is -2.36. The monoisotopic (exact) mass is 341 g/mol. The zero-order valence-corrected chi connectivity index (χ0v) is 14.5. The lowest BCUT2D eigenvalue weighted by Gasteiger charge is -2.28. The fourth-order valence-electron chi connectivity index (χ4n) is 3.92. The maximum atomic E-state index is 13.0. The minimum Gasteiger partial charge on any atom is -0.381 e. The third kappa shape index (κ3) is 3.31. The van der Waals surface area contributed by atoms with E-state index in [1.54, 1.807) is 6.92 Å². The second-order valence-corrected chi connectivity index (χ2v) is 6.88. The zero-order valence-electron chi connectivity index (χ0n) is 14.5. The standard InChI is InChI=1S/C19H23N3O3/c1-12-20-19(25-22-12)17(14-8-10-24-11-9-14)21-18(23)16-7-3-5-13-4-2-6-15(13)16/h3,5,7,14,17H,2,4,6,8-11H2,1H3,(H,21,23). The number of nitrogens with zero attached hydrogens (tertiary/aromatic N) is 2. The quantitative estimate of drug-likeness (QED) is 0.925. The van der Waals surface area contributed by atoms with Gasteiger partial charge in [0.1, 0.15) is 6.04 Å². The molecule has 0 spiro atoms. The van der Waals surface area contributed by atoms with E-state index in [-0.39, 0.29) is 17.9 Å². The normalized spacial score (nSPS) is 18.8. The van der Waals surface area contributed by atoms with Gasteiger partial charge in [-0.2, -0.15) is 4.98 Å². The predicted molar refractivity (Wildman–Crippen MR) is 91.3 cm³/mol. The molecule has 2 aromatic rings. The molecule has 1 aromatic carbocycles. The van der Waals surface area contributed by atoms with Gasteiger partial charge in [0.05, 0.1) is 0 Å². The van der Waals surface area contributed by atoms with Crippen molar-refractivity contribution in [3.05, 3.63) is 46.6 Å². The van der Waals surface area contributed by atoms with Gasteiger partial charge in [0.25, 0.3) is 5.91 Å². The van der Waals surface area contributed by atoms with Gasteiger partial charge in [-0.25, -0.2) is 0 Å². The molecule has 1 saturated heterocycles. The van der Waals surface area contributed by atoms with Crippen LogP contribution in [0.4, 0.5) is 0 Å². The van der Waals surface area contributed by atoms with Crippen molar-refractivity contribution in [2.45, 2.75) is 45.1 Å². The maximum absolute atomic E-state index is 13.0. The summed E-state index contributed by atoms with van der Waals surface area (Å²) < 4.78 is 10.9. The zero-order chi connectivity index (χ0) is 17.2. The highest BCUT2D eigenvalue weighted by atomic mass is 16.5. The number of ether oxygens (including phenoxy) is 1. The first kappa shape index (κ1) is 16.3. The molecule has 132 valence electrons. The highest BCUT2D eigenvalue weighted by Crippen LogP contribution is 2.31. The van der Waals surface area contributed by atoms with Crippen molar-refractivity contribution in [3.8, 4) is 0 Å². The molecular weight excluding hydrogens is 318 g/mol. The van der Waals surface area contributed by atoms with E-state index < -0.39 is 0 Å². The summed E-state index contributed by atoms with van der Waals surface area (Å²) in [5.41, 5.74) is 3.26. The third-order valence-electron chi connectivity index (χ3n) is 5.22. The Labute approximate surface area is 147 Å². The van der Waals surface area contributed by atoms with E-state index in [0.29, 0.717) is 24.9 Å². The summed E-state index contributed by atoms with van der Waals surface area (Å²) in [6, 6.07) is 5.74. The Kier molecular flexibility index (Phi) is 4.53. The van der Waals surface area contributed by atoms with Gasteiger partial charge >= 0.3 is 0 Å². The first-order valence-electron chi connectivity index (χ1n) is 9.02. The van der Waals surface area contributed by atoms with Crippen LogP contribution < -0.4 is 5.32 Å². The maximum Gasteiger partial charge on any atom is 0.252 e. The molecule has 1 aliphatic carbocycles. The average molecular weight is 341 g/mol. The van der Waals surface area contributed by atoms with Crippen molar-refractivity contribution in [1.29, 1.82) is 0 Å². The van der Waals surface area contributed by atoms with Crippen LogP contribution in [0, 0.1) is 12.8 Å². The highest BCUT2D eigenvalue weighted by molar-refractivity contribution is 5.96. The predicted octanol–water partition coefficient (Wildman–Crippen LogP) is 2.76. The number of aryl methyl sites for hydroxylation is 2. The van der Waals surface area contributed by atoms with Crippen molar-refractivity contribution >= 4 is 5.91 Å². The van der Waals surface area contributed by atoms with Crippen LogP contribution in [-0.2, 0) is 17.6 Å². The van der Waals surface area contributed by atoms with Gasteiger partial charge in [-0.15, -0.1) is 0 Å². The summed E-state index contributed by atoms with van der Waals surface area (Å²) >= 11 is 0. The van der Waals surface area contributed by atoms with E-state index in [4.69, 9.17) is 9.26 Å². The van der Waals surface area contributed by atoms with Gasteiger partial charge in [-0.05, 0) is 62.1 Å². The topological polar surface area (TPSA) is 77.2 Å². The van der Waals surface area contributed by atoms with Gasteiger partial charge in [-0.1, -0.05) is 17.3 Å². The van der Waals surface area contributed by atoms with E-state index in [2.05, 4.69) is 21.5 Å². The second kappa shape index (κ2) is 6.96. The van der Waals surface area contributed by atoms with Crippen molar-refractivity contribution < 1.29 is 14.1 Å². The molecule has 4 rings (SSSR count). The van der Waals surface area contributed by atoms with Crippen LogP contribution in [-0.4, -0.2) is 29.3 Å². The number of aromatic nitrogens is 2. The Bertz CT molecular complexity index is 765. The summed E-state index contributed by atoms with van der Waals surface area (Å²) in [4.78, 5) is 17.4.